The molecule has 0 radical (unpaired) electrons. The third-order valence-electron chi connectivity index (χ3n) is 8.15. The van der Waals surface area contributed by atoms with Gasteiger partial charge in [0.1, 0.15) is 23.6 Å². The highest BCUT2D eigenvalue weighted by atomic mass is 19.1. The highest BCUT2D eigenvalue weighted by Gasteiger charge is 2.65. The molecule has 0 unspecified atom stereocenters. The zero-order chi connectivity index (χ0) is 26.7. The van der Waals surface area contributed by atoms with Crippen LogP contribution in [0.2, 0.25) is 0 Å². The minimum atomic E-state index is -0.670. The number of aromatic nitrogens is 5. The van der Waals surface area contributed by atoms with Gasteiger partial charge in [-0.2, -0.15) is 5.10 Å². The number of nitrogens with zero attached hydrogens (tertiary/aromatic N) is 5. The maximum absolute atomic E-state index is 14.5. The Morgan fingerprint density at radius 2 is 1.95 bits per heavy atom. The molecule has 10 heteroatoms. The Hall–Kier alpha value is -4.05. The summed E-state index contributed by atoms with van der Waals surface area (Å²) in [6.07, 6.45) is 6.53. The molecular weight excluding hydrogens is 490 g/mol. The van der Waals surface area contributed by atoms with Crippen LogP contribution in [-0.2, 0) is 12.0 Å². The Bertz CT molecular complexity index is 1550. The van der Waals surface area contributed by atoms with Crippen LogP contribution in [0.15, 0.2) is 59.6 Å². The van der Waals surface area contributed by atoms with Crippen molar-refractivity contribution in [2.75, 3.05) is 6.61 Å². The van der Waals surface area contributed by atoms with E-state index in [-0.39, 0.29) is 29.2 Å². The minimum absolute atomic E-state index is 0.117. The van der Waals surface area contributed by atoms with E-state index in [1.807, 2.05) is 0 Å². The second-order valence-electron chi connectivity index (χ2n) is 10.4. The van der Waals surface area contributed by atoms with Gasteiger partial charge in [0.15, 0.2) is 0 Å². The number of oxazole rings is 1. The molecule has 1 fully saturated rings. The summed E-state index contributed by atoms with van der Waals surface area (Å²) in [6.45, 7) is 8.23. The molecule has 2 N–H and O–H groups in total. The highest BCUT2D eigenvalue weighted by molar-refractivity contribution is 5.64. The first-order valence-corrected chi connectivity index (χ1v) is 12.4. The Kier molecular flexibility index (Phi) is 5.60. The van der Waals surface area contributed by atoms with Gasteiger partial charge in [-0.05, 0) is 47.9 Å². The van der Waals surface area contributed by atoms with Crippen molar-refractivity contribution in [3.63, 3.8) is 0 Å². The molecule has 2 bridgehead atoms. The van der Waals surface area contributed by atoms with Crippen LogP contribution in [0.4, 0.5) is 8.78 Å². The largest absolute Gasteiger partial charge is 0.443 e. The van der Waals surface area contributed by atoms with E-state index in [1.165, 1.54) is 24.5 Å². The normalized spacial score (nSPS) is 20.9. The van der Waals surface area contributed by atoms with Gasteiger partial charge in [0, 0.05) is 11.9 Å². The van der Waals surface area contributed by atoms with Gasteiger partial charge in [-0.3, -0.25) is 4.98 Å². The molecule has 0 aliphatic heterocycles. The number of hydrogen-bond acceptors (Lipinski definition) is 8. The molecular formula is C28H26F2N6O2. The summed E-state index contributed by atoms with van der Waals surface area (Å²) in [5, 5.41) is 20.9. The zero-order valence-electron chi connectivity index (χ0n) is 21.0. The smallest absolute Gasteiger partial charge is 0.246 e. The predicted octanol–water partition coefficient (Wildman–Crippen LogP) is 4.67. The number of benzene rings is 1. The molecule has 1 saturated carbocycles. The molecule has 3 aromatic heterocycles. The van der Waals surface area contributed by atoms with Gasteiger partial charge in [0.2, 0.25) is 5.89 Å². The number of aliphatic hydroxyl groups excluding tert-OH is 1. The lowest BCUT2D eigenvalue weighted by atomic mass is 9.66. The molecule has 1 aromatic carbocycles. The molecule has 6 rings (SSSR count). The topological polar surface area (TPSA) is 110 Å². The van der Waals surface area contributed by atoms with Crippen LogP contribution in [0.5, 0.6) is 0 Å². The molecule has 4 aromatic rings. The zero-order valence-corrected chi connectivity index (χ0v) is 21.0. The van der Waals surface area contributed by atoms with Gasteiger partial charge >= 0.3 is 0 Å². The summed E-state index contributed by atoms with van der Waals surface area (Å²) in [6, 6.07) is 5.56. The molecule has 0 spiro atoms. The summed E-state index contributed by atoms with van der Waals surface area (Å²) in [5.41, 5.74) is 3.17. The molecule has 2 aliphatic carbocycles. The number of aliphatic hydroxyl groups is 1. The monoisotopic (exact) mass is 516 g/mol. The van der Waals surface area contributed by atoms with E-state index >= 15 is 0 Å². The third kappa shape index (κ3) is 3.47. The fourth-order valence-electron chi connectivity index (χ4n) is 6.21. The van der Waals surface area contributed by atoms with Gasteiger partial charge in [-0.25, -0.2) is 18.7 Å². The summed E-state index contributed by atoms with van der Waals surface area (Å²) in [4.78, 5) is 13.9. The molecule has 2 aliphatic rings. The third-order valence-corrected chi connectivity index (χ3v) is 8.15. The quantitative estimate of drug-likeness (QED) is 0.365. The molecule has 0 saturated heterocycles. The van der Waals surface area contributed by atoms with Gasteiger partial charge in [0.25, 0.3) is 0 Å². The van der Waals surface area contributed by atoms with Crippen molar-refractivity contribution < 1.29 is 18.3 Å². The molecule has 8 nitrogen and oxygen atoms in total. The maximum Gasteiger partial charge on any atom is 0.246 e. The molecule has 3 heterocycles. The van der Waals surface area contributed by atoms with Gasteiger partial charge in [-0.15, -0.1) is 5.10 Å². The highest BCUT2D eigenvalue weighted by Crippen LogP contribution is 2.69. The lowest BCUT2D eigenvalue weighted by Crippen LogP contribution is -2.38. The van der Waals surface area contributed by atoms with Crippen LogP contribution in [-0.4, -0.2) is 36.9 Å². The first-order valence-electron chi connectivity index (χ1n) is 12.4. The average molecular weight is 517 g/mol. The van der Waals surface area contributed by atoms with E-state index in [2.05, 4.69) is 45.9 Å². The second kappa shape index (κ2) is 8.76. The van der Waals surface area contributed by atoms with E-state index in [1.54, 1.807) is 18.5 Å². The number of rotatable bonds is 7. The van der Waals surface area contributed by atoms with Crippen molar-refractivity contribution in [3.8, 4) is 22.8 Å². The van der Waals surface area contributed by atoms with Crippen molar-refractivity contribution in [2.24, 2.45) is 5.41 Å². The van der Waals surface area contributed by atoms with Crippen molar-refractivity contribution >= 4 is 0 Å². The lowest BCUT2D eigenvalue weighted by Gasteiger charge is -2.37. The van der Waals surface area contributed by atoms with Gasteiger partial charge in [0.05, 0.1) is 53.1 Å². The molecule has 38 heavy (non-hydrogen) atoms. The Labute approximate surface area is 217 Å². The van der Waals surface area contributed by atoms with Crippen LogP contribution < -0.4 is 5.32 Å². The first kappa shape index (κ1) is 24.3. The van der Waals surface area contributed by atoms with Crippen molar-refractivity contribution in [2.45, 2.75) is 44.6 Å². The number of fused-ring (bicyclic) bond motifs is 5. The standard InChI is InChI=1S/C28H26F2N6O2/c1-15(13-37)32-10-16-14-38-26(33-16)22-11-31-12-23(34-22)28-8-7-18(27(28,2)3)17-9-21(35-36-25(17)28)24-19(29)5-4-6-20(24)30/h4-6,9,11-12,14,18,32,37H,1,7-8,10,13H2,2-3H3/t18-,28-/m0/s1. The number of halogens is 2. The van der Waals surface area contributed by atoms with E-state index < -0.39 is 17.0 Å². The van der Waals surface area contributed by atoms with Gasteiger partial charge < -0.3 is 14.8 Å². The Balaban J connectivity index is 1.40. The Morgan fingerprint density at radius 3 is 2.71 bits per heavy atom. The summed E-state index contributed by atoms with van der Waals surface area (Å²) in [5.74, 6) is -0.900. The fraction of sp³-hybridized carbons (Fsp3) is 0.321. The van der Waals surface area contributed by atoms with Crippen LogP contribution in [0.1, 0.15) is 55.3 Å². The maximum atomic E-state index is 14.5. The summed E-state index contributed by atoms with van der Waals surface area (Å²) >= 11 is 0. The number of hydrogen-bond donors (Lipinski definition) is 2. The van der Waals surface area contributed by atoms with Crippen LogP contribution in [0.25, 0.3) is 22.8 Å². The van der Waals surface area contributed by atoms with E-state index in [0.29, 0.717) is 29.5 Å². The lowest BCUT2D eigenvalue weighted by molar-refractivity contribution is 0.242. The average Bonchev–Trinajstić information content (AvgIpc) is 3.55. The fourth-order valence-corrected chi connectivity index (χ4v) is 6.21. The van der Waals surface area contributed by atoms with Crippen molar-refractivity contribution in [3.05, 3.63) is 89.5 Å². The second-order valence-corrected chi connectivity index (χ2v) is 10.4. The Morgan fingerprint density at radius 1 is 1.16 bits per heavy atom. The molecule has 2 atom stereocenters. The molecule has 0 amide bonds. The van der Waals surface area contributed by atoms with E-state index in [4.69, 9.17) is 14.5 Å². The van der Waals surface area contributed by atoms with Crippen LogP contribution in [0, 0.1) is 17.0 Å². The first-order chi connectivity index (χ1) is 18.3. The van der Waals surface area contributed by atoms with Crippen LogP contribution >= 0.6 is 0 Å². The van der Waals surface area contributed by atoms with Gasteiger partial charge in [-0.1, -0.05) is 26.5 Å². The van der Waals surface area contributed by atoms with Crippen molar-refractivity contribution in [1.29, 1.82) is 0 Å². The summed E-state index contributed by atoms with van der Waals surface area (Å²) < 4.78 is 34.7. The molecule has 194 valence electrons. The summed E-state index contributed by atoms with van der Waals surface area (Å²) in [7, 11) is 0. The van der Waals surface area contributed by atoms with Crippen molar-refractivity contribution in [1.82, 2.24) is 30.5 Å². The van der Waals surface area contributed by atoms with E-state index in [9.17, 15) is 8.78 Å². The minimum Gasteiger partial charge on any atom is -0.443 e. The predicted molar refractivity (Wildman–Crippen MR) is 135 cm³/mol. The van der Waals surface area contributed by atoms with E-state index in [0.717, 1.165) is 29.8 Å². The van der Waals surface area contributed by atoms with Crippen LogP contribution in [0.3, 0.4) is 0 Å². The SMILES string of the molecule is C=C(CO)NCc1coc(-c2cncc([C@@]34CC[C@@H](c5cc(-c6c(F)cccc6F)nnc53)C4(C)C)n2)n1. The number of nitrogens with one attached hydrogen (secondary N) is 1.